The van der Waals surface area contributed by atoms with E-state index in [0.717, 1.165) is 6.04 Å². The average molecular weight is 267 g/mol. The minimum absolute atomic E-state index is 0.508. The second kappa shape index (κ2) is 6.11. The summed E-state index contributed by atoms with van der Waals surface area (Å²) in [6.07, 6.45) is 6.75. The van der Waals surface area contributed by atoms with Crippen LogP contribution in [-0.4, -0.2) is 62.2 Å². The first-order valence-corrected chi connectivity index (χ1v) is 8.01. The summed E-state index contributed by atoms with van der Waals surface area (Å²) in [5.41, 5.74) is 0.508. The van der Waals surface area contributed by atoms with Crippen molar-refractivity contribution in [3.63, 3.8) is 0 Å². The van der Waals surface area contributed by atoms with Crippen LogP contribution in [0.25, 0.3) is 0 Å². The fourth-order valence-corrected chi connectivity index (χ4v) is 4.03. The van der Waals surface area contributed by atoms with Crippen molar-refractivity contribution in [2.45, 2.75) is 64.1 Å². The maximum absolute atomic E-state index is 3.55. The zero-order chi connectivity index (χ0) is 14.0. The van der Waals surface area contributed by atoms with E-state index in [1.165, 1.54) is 45.2 Å². The number of nitrogens with zero attached hydrogens (tertiary/aromatic N) is 2. The molecule has 112 valence electrons. The van der Waals surface area contributed by atoms with Gasteiger partial charge in [-0.1, -0.05) is 13.8 Å². The molecule has 0 aromatic carbocycles. The molecule has 0 bridgehead atoms. The van der Waals surface area contributed by atoms with Crippen molar-refractivity contribution in [3.8, 4) is 0 Å². The van der Waals surface area contributed by atoms with Crippen LogP contribution in [0.1, 0.15) is 46.0 Å². The van der Waals surface area contributed by atoms with Gasteiger partial charge in [-0.05, 0) is 65.2 Å². The average Bonchev–Trinajstić information content (AvgIpc) is 2.74. The first kappa shape index (κ1) is 15.3. The fourth-order valence-electron chi connectivity index (χ4n) is 4.03. The molecule has 2 fully saturated rings. The SMILES string of the molecule is CNC1CCC(C)(C)CC1N(C)CC1CCCN1C. The number of hydrogen-bond donors (Lipinski definition) is 1. The lowest BCUT2D eigenvalue weighted by Crippen LogP contribution is -2.54. The van der Waals surface area contributed by atoms with Crippen molar-refractivity contribution in [2.24, 2.45) is 5.41 Å². The summed E-state index contributed by atoms with van der Waals surface area (Å²) in [4.78, 5) is 5.17. The lowest BCUT2D eigenvalue weighted by Gasteiger charge is -2.45. The summed E-state index contributed by atoms with van der Waals surface area (Å²) < 4.78 is 0. The van der Waals surface area contributed by atoms with Crippen molar-refractivity contribution in [3.05, 3.63) is 0 Å². The van der Waals surface area contributed by atoms with Gasteiger partial charge in [0, 0.05) is 24.7 Å². The maximum atomic E-state index is 3.55. The molecule has 2 aliphatic rings. The summed E-state index contributed by atoms with van der Waals surface area (Å²) in [5, 5.41) is 3.55. The fraction of sp³-hybridized carbons (Fsp3) is 1.00. The van der Waals surface area contributed by atoms with Gasteiger partial charge in [-0.15, -0.1) is 0 Å². The Morgan fingerprint density at radius 3 is 2.63 bits per heavy atom. The molecule has 0 aromatic rings. The van der Waals surface area contributed by atoms with Gasteiger partial charge in [-0.2, -0.15) is 0 Å². The van der Waals surface area contributed by atoms with Crippen LogP contribution in [0.4, 0.5) is 0 Å². The number of hydrogen-bond acceptors (Lipinski definition) is 3. The monoisotopic (exact) mass is 267 g/mol. The summed E-state index contributed by atoms with van der Waals surface area (Å²) in [6, 6.07) is 2.14. The first-order valence-electron chi connectivity index (χ1n) is 8.01. The summed E-state index contributed by atoms with van der Waals surface area (Å²) in [6.45, 7) is 7.38. The Hall–Kier alpha value is -0.120. The van der Waals surface area contributed by atoms with Crippen LogP contribution < -0.4 is 5.32 Å². The highest BCUT2D eigenvalue weighted by Crippen LogP contribution is 2.37. The molecule has 0 aromatic heterocycles. The lowest BCUT2D eigenvalue weighted by molar-refractivity contribution is 0.0703. The predicted molar refractivity (Wildman–Crippen MR) is 82.5 cm³/mol. The lowest BCUT2D eigenvalue weighted by atomic mass is 9.72. The summed E-state index contributed by atoms with van der Waals surface area (Å²) >= 11 is 0. The van der Waals surface area contributed by atoms with Gasteiger partial charge in [0.15, 0.2) is 0 Å². The third-order valence-corrected chi connectivity index (χ3v) is 5.47. The molecule has 1 N–H and O–H groups in total. The van der Waals surface area contributed by atoms with Gasteiger partial charge in [0.1, 0.15) is 0 Å². The van der Waals surface area contributed by atoms with Crippen molar-refractivity contribution >= 4 is 0 Å². The second-order valence-corrected chi connectivity index (χ2v) is 7.59. The molecule has 0 radical (unpaired) electrons. The zero-order valence-corrected chi connectivity index (χ0v) is 13.6. The zero-order valence-electron chi connectivity index (χ0n) is 13.6. The van der Waals surface area contributed by atoms with Crippen molar-refractivity contribution in [2.75, 3.05) is 34.2 Å². The first-order chi connectivity index (χ1) is 8.93. The van der Waals surface area contributed by atoms with Gasteiger partial charge in [-0.3, -0.25) is 0 Å². The molecular formula is C16H33N3. The van der Waals surface area contributed by atoms with Crippen LogP contribution in [0.5, 0.6) is 0 Å². The highest BCUT2D eigenvalue weighted by molar-refractivity contribution is 4.94. The Labute approximate surface area is 119 Å². The molecule has 1 heterocycles. The third-order valence-electron chi connectivity index (χ3n) is 5.47. The van der Waals surface area contributed by atoms with Crippen LogP contribution in [0, 0.1) is 5.41 Å². The molecule has 1 aliphatic heterocycles. The van der Waals surface area contributed by atoms with Crippen LogP contribution in [0.3, 0.4) is 0 Å². The van der Waals surface area contributed by atoms with E-state index in [4.69, 9.17) is 0 Å². The van der Waals surface area contributed by atoms with E-state index in [1.807, 2.05) is 0 Å². The van der Waals surface area contributed by atoms with E-state index < -0.39 is 0 Å². The molecular weight excluding hydrogens is 234 g/mol. The molecule has 3 atom stereocenters. The highest BCUT2D eigenvalue weighted by Gasteiger charge is 2.37. The molecule has 3 unspecified atom stereocenters. The van der Waals surface area contributed by atoms with Crippen LogP contribution >= 0.6 is 0 Å². The van der Waals surface area contributed by atoms with E-state index in [-0.39, 0.29) is 0 Å². The number of rotatable bonds is 4. The Morgan fingerprint density at radius 2 is 2.05 bits per heavy atom. The van der Waals surface area contributed by atoms with E-state index >= 15 is 0 Å². The molecule has 1 aliphatic carbocycles. The Kier molecular flexibility index (Phi) is 4.91. The van der Waals surface area contributed by atoms with Gasteiger partial charge < -0.3 is 15.1 Å². The molecule has 0 amide bonds. The predicted octanol–water partition coefficient (Wildman–Crippen LogP) is 2.18. The van der Waals surface area contributed by atoms with Gasteiger partial charge in [0.25, 0.3) is 0 Å². The van der Waals surface area contributed by atoms with E-state index in [1.54, 1.807) is 0 Å². The molecule has 1 saturated heterocycles. The van der Waals surface area contributed by atoms with Crippen LogP contribution in [0.2, 0.25) is 0 Å². The van der Waals surface area contributed by atoms with Crippen molar-refractivity contribution in [1.82, 2.24) is 15.1 Å². The molecule has 0 spiro atoms. The largest absolute Gasteiger partial charge is 0.315 e. The highest BCUT2D eigenvalue weighted by atomic mass is 15.2. The quantitative estimate of drug-likeness (QED) is 0.842. The third kappa shape index (κ3) is 3.71. The standard InChI is InChI=1S/C16H33N3/c1-16(2)9-8-14(17-3)15(11-16)19(5)12-13-7-6-10-18(13)4/h13-15,17H,6-12H2,1-5H3. The van der Waals surface area contributed by atoms with Gasteiger partial charge in [0.2, 0.25) is 0 Å². The van der Waals surface area contributed by atoms with E-state index in [2.05, 4.69) is 50.1 Å². The normalized spacial score (nSPS) is 36.0. The van der Waals surface area contributed by atoms with Crippen molar-refractivity contribution < 1.29 is 0 Å². The van der Waals surface area contributed by atoms with Crippen LogP contribution in [-0.2, 0) is 0 Å². The molecule has 19 heavy (non-hydrogen) atoms. The smallest absolute Gasteiger partial charge is 0.0251 e. The van der Waals surface area contributed by atoms with Crippen LogP contribution in [0.15, 0.2) is 0 Å². The summed E-state index contributed by atoms with van der Waals surface area (Å²) in [5.74, 6) is 0. The molecule has 3 heteroatoms. The van der Waals surface area contributed by atoms with Crippen molar-refractivity contribution in [1.29, 1.82) is 0 Å². The van der Waals surface area contributed by atoms with Gasteiger partial charge in [0.05, 0.1) is 0 Å². The molecule has 1 saturated carbocycles. The van der Waals surface area contributed by atoms with E-state index in [9.17, 15) is 0 Å². The Morgan fingerprint density at radius 1 is 1.32 bits per heavy atom. The minimum Gasteiger partial charge on any atom is -0.315 e. The number of likely N-dealkylation sites (tertiary alicyclic amines) is 1. The Bertz CT molecular complexity index is 290. The molecule has 2 rings (SSSR count). The number of nitrogens with one attached hydrogen (secondary N) is 1. The van der Waals surface area contributed by atoms with Gasteiger partial charge >= 0.3 is 0 Å². The van der Waals surface area contributed by atoms with Gasteiger partial charge in [-0.25, -0.2) is 0 Å². The minimum atomic E-state index is 0.508. The maximum Gasteiger partial charge on any atom is 0.0251 e. The second-order valence-electron chi connectivity index (χ2n) is 7.59. The Balaban J connectivity index is 1.96. The number of likely N-dealkylation sites (N-methyl/N-ethyl adjacent to an activating group) is 3. The van der Waals surface area contributed by atoms with E-state index in [0.29, 0.717) is 17.5 Å². The topological polar surface area (TPSA) is 18.5 Å². The summed E-state index contributed by atoms with van der Waals surface area (Å²) in [7, 11) is 6.75. The molecule has 3 nitrogen and oxygen atoms in total.